The molecule has 0 N–H and O–H groups in total. The first-order chi connectivity index (χ1) is 29.1. The molecule has 1 saturated heterocycles. The molecule has 7 rings (SSSR count). The Balaban J connectivity index is 1.38. The third kappa shape index (κ3) is 9.64. The summed E-state index contributed by atoms with van der Waals surface area (Å²) in [5.74, 6) is -1.93. The molecule has 0 amide bonds. The van der Waals surface area contributed by atoms with Gasteiger partial charge in [-0.25, -0.2) is 14.4 Å². The Labute approximate surface area is 351 Å². The summed E-state index contributed by atoms with van der Waals surface area (Å²) in [6, 6.07) is 55.2. The van der Waals surface area contributed by atoms with Gasteiger partial charge in [0, 0.05) is 0 Å². The van der Waals surface area contributed by atoms with Crippen LogP contribution in [0.15, 0.2) is 182 Å². The van der Waals surface area contributed by atoms with Gasteiger partial charge in [-0.05, 0) is 57.4 Å². The first kappa shape index (κ1) is 42.0. The quantitative estimate of drug-likeness (QED) is 0.0611. The highest BCUT2D eigenvalue weighted by Gasteiger charge is 2.58. The van der Waals surface area contributed by atoms with Gasteiger partial charge in [0.25, 0.3) is 8.32 Å². The summed E-state index contributed by atoms with van der Waals surface area (Å²) in [6.07, 6.45) is -6.24. The Hall–Kier alpha value is -6.17. The second-order valence-electron chi connectivity index (χ2n) is 15.5. The summed E-state index contributed by atoms with van der Waals surface area (Å²) in [5.41, 5.74) is 1.72. The van der Waals surface area contributed by atoms with Crippen molar-refractivity contribution in [3.05, 3.63) is 204 Å². The van der Waals surface area contributed by atoms with Crippen molar-refractivity contribution in [2.45, 2.75) is 63.1 Å². The Morgan fingerprint density at radius 2 is 0.917 bits per heavy atom. The number of esters is 3. The van der Waals surface area contributed by atoms with Crippen LogP contribution in [0.5, 0.6) is 0 Å². The second-order valence-corrected chi connectivity index (χ2v) is 19.8. The molecule has 1 fully saturated rings. The van der Waals surface area contributed by atoms with E-state index < -0.39 is 62.0 Å². The van der Waals surface area contributed by atoms with E-state index in [1.54, 1.807) is 84.9 Å². The minimum absolute atomic E-state index is 0.0484. The number of carbonyl (C=O) groups is 3. The van der Waals surface area contributed by atoms with Gasteiger partial charge in [0.15, 0.2) is 18.5 Å². The maximum Gasteiger partial charge on any atom is 0.338 e. The Morgan fingerprint density at radius 3 is 1.37 bits per heavy atom. The molecule has 6 aromatic rings. The predicted octanol–water partition coefficient (Wildman–Crippen LogP) is 8.18. The van der Waals surface area contributed by atoms with Crippen LogP contribution < -0.4 is 10.4 Å². The van der Waals surface area contributed by atoms with Gasteiger partial charge < -0.3 is 28.1 Å². The van der Waals surface area contributed by atoms with Crippen LogP contribution in [0.1, 0.15) is 57.4 Å². The number of hydrogen-bond donors (Lipinski definition) is 0. The van der Waals surface area contributed by atoms with Crippen LogP contribution in [0, 0.1) is 0 Å². The first-order valence-corrected chi connectivity index (χ1v) is 21.9. The maximum absolute atomic E-state index is 14.2. The summed E-state index contributed by atoms with van der Waals surface area (Å²) >= 11 is 0. The fourth-order valence-electron chi connectivity index (χ4n) is 7.54. The zero-order valence-corrected chi connectivity index (χ0v) is 34.8. The van der Waals surface area contributed by atoms with Gasteiger partial charge in [-0.2, -0.15) is 0 Å². The van der Waals surface area contributed by atoms with Crippen LogP contribution in [0.4, 0.5) is 0 Å². The normalized spacial score (nSPS) is 19.1. The standard InChI is InChI=1S/C50H48O9Si/c1-50(2,3)60(40-30-18-8-19-31-40,41-32-20-9-21-33-41)59-49-45(58-48(53)39-28-16-7-17-29-39)44(54-34-36-22-10-4-11-23-36)43(57-47(52)38-26-14-6-15-27-38)42(56-49)35-55-46(51)37-24-12-5-13-25-37/h4-33,42-45,49H,34-35H2,1-3H3/t42?,43-,44-,45?,49+/m1/s1. The van der Waals surface area contributed by atoms with E-state index in [4.69, 9.17) is 28.1 Å². The molecule has 0 aliphatic carbocycles. The maximum atomic E-state index is 14.2. The number of benzene rings is 6. The zero-order valence-electron chi connectivity index (χ0n) is 33.8. The largest absolute Gasteiger partial charge is 0.459 e. The highest BCUT2D eigenvalue weighted by atomic mass is 28.4. The monoisotopic (exact) mass is 820 g/mol. The lowest BCUT2D eigenvalue weighted by molar-refractivity contribution is -0.288. The molecule has 6 aromatic carbocycles. The van der Waals surface area contributed by atoms with E-state index in [0.717, 1.165) is 15.9 Å². The summed E-state index contributed by atoms with van der Waals surface area (Å²) in [4.78, 5) is 41.8. The smallest absolute Gasteiger partial charge is 0.338 e. The average Bonchev–Trinajstić information content (AvgIpc) is 3.29. The molecule has 306 valence electrons. The van der Waals surface area contributed by atoms with E-state index in [2.05, 4.69) is 20.8 Å². The number of rotatable bonds is 14. The van der Waals surface area contributed by atoms with Gasteiger partial charge >= 0.3 is 17.9 Å². The number of ether oxygens (including phenoxy) is 5. The van der Waals surface area contributed by atoms with Gasteiger partial charge in [-0.15, -0.1) is 0 Å². The van der Waals surface area contributed by atoms with E-state index in [1.807, 2.05) is 97.1 Å². The van der Waals surface area contributed by atoms with Gasteiger partial charge in [0.05, 0.1) is 23.3 Å². The topological polar surface area (TPSA) is 107 Å². The van der Waals surface area contributed by atoms with Gasteiger partial charge in [0.1, 0.15) is 18.8 Å². The van der Waals surface area contributed by atoms with E-state index >= 15 is 0 Å². The van der Waals surface area contributed by atoms with E-state index in [1.165, 1.54) is 0 Å². The SMILES string of the molecule is CC(C)(C)[Si](O[C@@H]1OC(COC(=O)c2ccccc2)[C@@H](OC(=O)c2ccccc2)[C@@H](OCc2ccccc2)C1OC(=O)c1ccccc1)(c1ccccc1)c1ccccc1. The molecule has 5 atom stereocenters. The van der Waals surface area contributed by atoms with Crippen molar-refractivity contribution in [1.29, 1.82) is 0 Å². The minimum Gasteiger partial charge on any atom is -0.459 e. The van der Waals surface area contributed by atoms with Crippen LogP contribution in [-0.2, 0) is 34.7 Å². The lowest BCUT2D eigenvalue weighted by Gasteiger charge is -2.50. The summed E-state index contributed by atoms with van der Waals surface area (Å²) in [7, 11) is -3.45. The van der Waals surface area contributed by atoms with Crippen molar-refractivity contribution in [3.63, 3.8) is 0 Å². The zero-order chi connectivity index (χ0) is 42.0. The minimum atomic E-state index is -3.45. The third-order valence-corrected chi connectivity index (χ3v) is 15.5. The first-order valence-electron chi connectivity index (χ1n) is 20.0. The molecular weight excluding hydrogens is 773 g/mol. The molecule has 2 unspecified atom stereocenters. The number of carbonyl (C=O) groups excluding carboxylic acids is 3. The van der Waals surface area contributed by atoms with Crippen molar-refractivity contribution in [3.8, 4) is 0 Å². The molecule has 0 spiro atoms. The molecule has 0 bridgehead atoms. The average molecular weight is 821 g/mol. The van der Waals surface area contributed by atoms with Crippen molar-refractivity contribution in [2.75, 3.05) is 6.61 Å². The molecule has 1 heterocycles. The Bertz CT molecular complexity index is 2250. The van der Waals surface area contributed by atoms with E-state index in [9.17, 15) is 14.4 Å². The summed E-state index contributed by atoms with van der Waals surface area (Å²) in [5, 5.41) is 1.37. The van der Waals surface area contributed by atoms with Crippen molar-refractivity contribution >= 4 is 36.6 Å². The molecule has 60 heavy (non-hydrogen) atoms. The lowest BCUT2D eigenvalue weighted by Crippen LogP contribution is -2.71. The molecular formula is C50H48O9Si. The van der Waals surface area contributed by atoms with Crippen LogP contribution in [0.3, 0.4) is 0 Å². The van der Waals surface area contributed by atoms with Crippen molar-refractivity contribution in [2.24, 2.45) is 0 Å². The Kier molecular flexibility index (Phi) is 13.5. The van der Waals surface area contributed by atoms with Crippen LogP contribution in [0.25, 0.3) is 0 Å². The number of hydrogen-bond acceptors (Lipinski definition) is 9. The van der Waals surface area contributed by atoms with Gasteiger partial charge in [0.2, 0.25) is 0 Å². The predicted molar refractivity (Wildman–Crippen MR) is 230 cm³/mol. The van der Waals surface area contributed by atoms with E-state index in [0.29, 0.717) is 11.1 Å². The fourth-order valence-corrected chi connectivity index (χ4v) is 12.1. The fraction of sp³-hybridized carbons (Fsp3) is 0.220. The third-order valence-electron chi connectivity index (χ3n) is 10.5. The molecule has 0 radical (unpaired) electrons. The van der Waals surface area contributed by atoms with E-state index in [-0.39, 0.29) is 18.8 Å². The highest BCUT2D eigenvalue weighted by Crippen LogP contribution is 2.41. The highest BCUT2D eigenvalue weighted by molar-refractivity contribution is 6.99. The molecule has 1 aliphatic heterocycles. The van der Waals surface area contributed by atoms with Gasteiger partial charge in [-0.3, -0.25) is 0 Å². The van der Waals surface area contributed by atoms with Crippen molar-refractivity contribution < 1.29 is 42.5 Å². The molecule has 10 heteroatoms. The van der Waals surface area contributed by atoms with Crippen LogP contribution >= 0.6 is 0 Å². The Morgan fingerprint density at radius 1 is 0.517 bits per heavy atom. The summed E-state index contributed by atoms with van der Waals surface area (Å²) in [6.45, 7) is 6.07. The summed E-state index contributed by atoms with van der Waals surface area (Å²) < 4.78 is 40.1. The molecule has 9 nitrogen and oxygen atoms in total. The second kappa shape index (κ2) is 19.3. The molecule has 0 saturated carbocycles. The molecule has 0 aromatic heterocycles. The lowest BCUT2D eigenvalue weighted by atomic mass is 9.97. The van der Waals surface area contributed by atoms with Crippen LogP contribution in [0.2, 0.25) is 5.04 Å². The van der Waals surface area contributed by atoms with Gasteiger partial charge in [-0.1, -0.05) is 166 Å². The van der Waals surface area contributed by atoms with Crippen LogP contribution in [-0.4, -0.2) is 63.5 Å². The van der Waals surface area contributed by atoms with Crippen molar-refractivity contribution in [1.82, 2.24) is 0 Å². The molecule has 1 aliphatic rings.